The number of aromatic nitrogens is 1. The second-order valence-electron chi connectivity index (χ2n) is 7.36. The molecule has 0 aliphatic heterocycles. The highest BCUT2D eigenvalue weighted by atomic mass is 16.5. The van der Waals surface area contributed by atoms with Gasteiger partial charge in [0.2, 0.25) is 5.91 Å². The predicted molar refractivity (Wildman–Crippen MR) is 109 cm³/mol. The van der Waals surface area contributed by atoms with Crippen LogP contribution >= 0.6 is 0 Å². The summed E-state index contributed by atoms with van der Waals surface area (Å²) in [6.07, 6.45) is 8.12. The molecule has 1 aromatic heterocycles. The first-order valence-electron chi connectivity index (χ1n) is 10.1. The smallest absolute Gasteiger partial charge is 0.225 e. The number of carbonyl (C=O) groups excluding carboxylic acids is 1. The monoisotopic (exact) mass is 382 g/mol. The van der Waals surface area contributed by atoms with Crippen LogP contribution in [0.25, 0.3) is 0 Å². The number of hydrogen-bond donors (Lipinski definition) is 0. The fourth-order valence-corrected chi connectivity index (χ4v) is 3.87. The van der Waals surface area contributed by atoms with Gasteiger partial charge in [0.1, 0.15) is 0 Å². The van der Waals surface area contributed by atoms with Crippen molar-refractivity contribution in [2.75, 3.05) is 20.8 Å². The molecule has 1 aromatic carbocycles. The molecule has 0 unspecified atom stereocenters. The Morgan fingerprint density at radius 1 is 1.07 bits per heavy atom. The molecule has 28 heavy (non-hydrogen) atoms. The third-order valence-electron chi connectivity index (χ3n) is 5.45. The van der Waals surface area contributed by atoms with E-state index in [1.54, 1.807) is 20.4 Å². The van der Waals surface area contributed by atoms with Gasteiger partial charge in [-0.1, -0.05) is 31.4 Å². The zero-order valence-electron chi connectivity index (χ0n) is 16.9. The number of hydrogen-bond acceptors (Lipinski definition) is 4. The number of nitrogens with zero attached hydrogens (tertiary/aromatic N) is 2. The van der Waals surface area contributed by atoms with Crippen LogP contribution in [0.1, 0.15) is 43.4 Å². The molecule has 1 saturated carbocycles. The van der Waals surface area contributed by atoms with Gasteiger partial charge in [-0.25, -0.2) is 0 Å². The van der Waals surface area contributed by atoms with Gasteiger partial charge in [0.15, 0.2) is 11.5 Å². The zero-order chi connectivity index (χ0) is 19.8. The molecule has 0 bridgehead atoms. The number of methoxy groups -OCH3 is 2. The van der Waals surface area contributed by atoms with Gasteiger partial charge in [0, 0.05) is 37.3 Å². The lowest BCUT2D eigenvalue weighted by molar-refractivity contribution is -0.137. The molecule has 5 nitrogen and oxygen atoms in total. The van der Waals surface area contributed by atoms with Crippen LogP contribution in [0.5, 0.6) is 11.5 Å². The van der Waals surface area contributed by atoms with Crippen LogP contribution in [0.3, 0.4) is 0 Å². The molecule has 3 rings (SSSR count). The van der Waals surface area contributed by atoms with Crippen LogP contribution in [0.2, 0.25) is 0 Å². The second kappa shape index (κ2) is 10.1. The van der Waals surface area contributed by atoms with Gasteiger partial charge in [-0.3, -0.25) is 9.78 Å². The summed E-state index contributed by atoms with van der Waals surface area (Å²) >= 11 is 0. The van der Waals surface area contributed by atoms with Gasteiger partial charge in [0.25, 0.3) is 0 Å². The first-order valence-corrected chi connectivity index (χ1v) is 10.1. The molecule has 5 heteroatoms. The molecule has 2 aromatic rings. The van der Waals surface area contributed by atoms with Crippen molar-refractivity contribution in [3.63, 3.8) is 0 Å². The van der Waals surface area contributed by atoms with E-state index in [1.165, 1.54) is 6.42 Å². The highest BCUT2D eigenvalue weighted by Gasteiger charge is 2.26. The first-order chi connectivity index (χ1) is 13.7. The number of rotatable bonds is 8. The third-order valence-corrected chi connectivity index (χ3v) is 5.45. The lowest BCUT2D eigenvalue weighted by atomic mass is 9.88. The Morgan fingerprint density at radius 2 is 1.86 bits per heavy atom. The minimum absolute atomic E-state index is 0.151. The summed E-state index contributed by atoms with van der Waals surface area (Å²) in [5.41, 5.74) is 2.05. The molecule has 0 radical (unpaired) electrons. The largest absolute Gasteiger partial charge is 0.493 e. The van der Waals surface area contributed by atoms with Crippen molar-refractivity contribution in [3.8, 4) is 11.5 Å². The maximum atomic E-state index is 13.3. The summed E-state index contributed by atoms with van der Waals surface area (Å²) in [5, 5.41) is 0. The van der Waals surface area contributed by atoms with E-state index in [-0.39, 0.29) is 11.8 Å². The average molecular weight is 383 g/mol. The van der Waals surface area contributed by atoms with E-state index in [1.807, 2.05) is 41.3 Å². The van der Waals surface area contributed by atoms with E-state index in [0.717, 1.165) is 43.4 Å². The molecule has 1 fully saturated rings. The molecule has 1 amide bonds. The maximum Gasteiger partial charge on any atom is 0.225 e. The number of benzene rings is 1. The van der Waals surface area contributed by atoms with E-state index in [9.17, 15) is 4.79 Å². The van der Waals surface area contributed by atoms with Crippen molar-refractivity contribution in [2.45, 2.75) is 45.1 Å². The molecule has 0 spiro atoms. The van der Waals surface area contributed by atoms with Gasteiger partial charge >= 0.3 is 0 Å². The predicted octanol–water partition coefficient (Wildman–Crippen LogP) is 4.25. The normalized spacial score (nSPS) is 14.5. The van der Waals surface area contributed by atoms with Crippen molar-refractivity contribution in [2.24, 2.45) is 5.92 Å². The molecular formula is C23H30N2O3. The zero-order valence-corrected chi connectivity index (χ0v) is 16.9. The van der Waals surface area contributed by atoms with Gasteiger partial charge in [-0.05, 0) is 42.7 Å². The summed E-state index contributed by atoms with van der Waals surface area (Å²) in [4.78, 5) is 19.6. The molecule has 150 valence electrons. The summed E-state index contributed by atoms with van der Waals surface area (Å²) < 4.78 is 10.8. The van der Waals surface area contributed by atoms with Crippen molar-refractivity contribution in [1.82, 2.24) is 9.88 Å². The average Bonchev–Trinajstić information content (AvgIpc) is 2.77. The molecule has 1 aliphatic rings. The van der Waals surface area contributed by atoms with Crippen LogP contribution in [0.4, 0.5) is 0 Å². The highest BCUT2D eigenvalue weighted by Crippen LogP contribution is 2.29. The number of carbonyl (C=O) groups is 1. The number of amides is 1. The Hall–Kier alpha value is -2.56. The van der Waals surface area contributed by atoms with Crippen molar-refractivity contribution >= 4 is 5.91 Å². The standard InChI is InChI=1S/C23H30N2O3/c1-27-21-12-11-18(16-22(21)28-2)17-25(15-13-20-10-6-7-14-24-20)23(26)19-8-4-3-5-9-19/h6-7,10-12,14,16,19H,3-5,8-9,13,15,17H2,1-2H3. The highest BCUT2D eigenvalue weighted by molar-refractivity contribution is 5.79. The Morgan fingerprint density at radius 3 is 2.54 bits per heavy atom. The minimum Gasteiger partial charge on any atom is -0.493 e. The van der Waals surface area contributed by atoms with E-state index in [4.69, 9.17) is 9.47 Å². The lowest BCUT2D eigenvalue weighted by Gasteiger charge is -2.29. The van der Waals surface area contributed by atoms with Gasteiger partial charge in [0.05, 0.1) is 14.2 Å². The van der Waals surface area contributed by atoms with E-state index < -0.39 is 0 Å². The summed E-state index contributed by atoms with van der Waals surface area (Å²) in [5.74, 6) is 1.81. The molecule has 0 atom stereocenters. The topological polar surface area (TPSA) is 51.7 Å². The summed E-state index contributed by atoms with van der Waals surface area (Å²) in [7, 11) is 3.26. The quantitative estimate of drug-likeness (QED) is 0.685. The fraction of sp³-hybridized carbons (Fsp3) is 0.478. The Bertz CT molecular complexity index is 758. The minimum atomic E-state index is 0.151. The van der Waals surface area contributed by atoms with Crippen molar-refractivity contribution in [3.05, 3.63) is 53.9 Å². The summed E-state index contributed by atoms with van der Waals surface area (Å²) in [6, 6.07) is 11.8. The lowest BCUT2D eigenvalue weighted by Crippen LogP contribution is -2.38. The second-order valence-corrected chi connectivity index (χ2v) is 7.36. The van der Waals surface area contributed by atoms with Crippen LogP contribution in [0.15, 0.2) is 42.6 Å². The molecule has 0 N–H and O–H groups in total. The van der Waals surface area contributed by atoms with Gasteiger partial charge < -0.3 is 14.4 Å². The van der Waals surface area contributed by atoms with Gasteiger partial charge in [-0.2, -0.15) is 0 Å². The SMILES string of the molecule is COc1ccc(CN(CCc2ccccn2)C(=O)C2CCCCC2)cc1OC. The van der Waals surface area contributed by atoms with Crippen LogP contribution < -0.4 is 9.47 Å². The molecule has 1 aliphatic carbocycles. The molecular weight excluding hydrogens is 352 g/mol. The summed E-state index contributed by atoms with van der Waals surface area (Å²) in [6.45, 7) is 1.24. The third kappa shape index (κ3) is 5.24. The van der Waals surface area contributed by atoms with Crippen LogP contribution in [-0.2, 0) is 17.8 Å². The number of ether oxygens (including phenoxy) is 2. The Balaban J connectivity index is 1.75. The van der Waals surface area contributed by atoms with Crippen LogP contribution in [-0.4, -0.2) is 36.6 Å². The maximum absolute atomic E-state index is 13.3. The van der Waals surface area contributed by atoms with Crippen LogP contribution in [0, 0.1) is 5.92 Å². The van der Waals surface area contributed by atoms with E-state index >= 15 is 0 Å². The fourth-order valence-electron chi connectivity index (χ4n) is 3.87. The van der Waals surface area contributed by atoms with E-state index in [2.05, 4.69) is 4.98 Å². The Labute approximate surface area is 167 Å². The first kappa shape index (κ1) is 20.2. The van der Waals surface area contributed by atoms with E-state index in [0.29, 0.717) is 24.6 Å². The van der Waals surface area contributed by atoms with Gasteiger partial charge in [-0.15, -0.1) is 0 Å². The number of pyridine rings is 1. The van der Waals surface area contributed by atoms with Crippen molar-refractivity contribution < 1.29 is 14.3 Å². The Kier molecular flexibility index (Phi) is 7.29. The molecule has 1 heterocycles. The molecule has 0 saturated heterocycles. The van der Waals surface area contributed by atoms with Crippen molar-refractivity contribution in [1.29, 1.82) is 0 Å².